The van der Waals surface area contributed by atoms with Crippen LogP contribution in [0.5, 0.6) is 11.5 Å². The molecule has 0 radical (unpaired) electrons. The van der Waals surface area contributed by atoms with Crippen molar-refractivity contribution in [3.05, 3.63) is 28.9 Å². The molecule has 0 aliphatic carbocycles. The molecule has 18 heavy (non-hydrogen) atoms. The van der Waals surface area contributed by atoms with Gasteiger partial charge in [-0.25, -0.2) is 4.98 Å². The van der Waals surface area contributed by atoms with E-state index in [1.807, 2.05) is 12.1 Å². The Morgan fingerprint density at radius 3 is 2.56 bits per heavy atom. The largest absolute Gasteiger partial charge is 0.497 e. The Kier molecular flexibility index (Phi) is 4.15. The van der Waals surface area contributed by atoms with E-state index in [1.165, 1.54) is 0 Å². The molecule has 0 atom stereocenters. The molecule has 2 aromatic rings. The molecular formula is C13H13Cl2NO2. The van der Waals surface area contributed by atoms with Crippen molar-refractivity contribution in [2.24, 2.45) is 0 Å². The Bertz CT molecular complexity index is 572. The zero-order valence-corrected chi connectivity index (χ0v) is 11.7. The van der Waals surface area contributed by atoms with Gasteiger partial charge in [-0.05, 0) is 24.1 Å². The summed E-state index contributed by atoms with van der Waals surface area (Å²) in [7, 11) is 3.21. The zero-order chi connectivity index (χ0) is 13.1. The summed E-state index contributed by atoms with van der Waals surface area (Å²) in [5.41, 5.74) is 1.65. The lowest BCUT2D eigenvalue weighted by atomic mass is 10.1. The summed E-state index contributed by atoms with van der Waals surface area (Å²) in [5, 5.41) is 1.39. The summed E-state index contributed by atoms with van der Waals surface area (Å²) in [6.45, 7) is 0. The number of rotatable bonds is 4. The predicted molar refractivity (Wildman–Crippen MR) is 74.3 cm³/mol. The van der Waals surface area contributed by atoms with E-state index in [-0.39, 0.29) is 0 Å². The maximum atomic E-state index is 6.13. The smallest absolute Gasteiger partial charge is 0.148 e. The molecule has 0 aliphatic heterocycles. The maximum absolute atomic E-state index is 6.13. The van der Waals surface area contributed by atoms with Crippen LogP contribution in [0.4, 0.5) is 0 Å². The van der Waals surface area contributed by atoms with Crippen LogP contribution in [0.15, 0.2) is 18.2 Å². The molecular weight excluding hydrogens is 273 g/mol. The van der Waals surface area contributed by atoms with Crippen LogP contribution in [0.2, 0.25) is 5.15 Å². The summed E-state index contributed by atoms with van der Waals surface area (Å²) < 4.78 is 10.5. The van der Waals surface area contributed by atoms with Crippen LogP contribution in [-0.2, 0) is 6.42 Å². The second kappa shape index (κ2) is 5.63. The number of alkyl halides is 1. The third kappa shape index (κ3) is 2.47. The third-order valence-electron chi connectivity index (χ3n) is 2.70. The van der Waals surface area contributed by atoms with Crippen molar-refractivity contribution in [3.8, 4) is 11.5 Å². The van der Waals surface area contributed by atoms with Crippen LogP contribution < -0.4 is 9.47 Å². The molecule has 96 valence electrons. The van der Waals surface area contributed by atoms with Gasteiger partial charge in [-0.1, -0.05) is 11.6 Å². The highest BCUT2D eigenvalue weighted by molar-refractivity contribution is 6.30. The molecule has 1 heterocycles. The molecule has 1 aromatic heterocycles. The number of ether oxygens (including phenoxy) is 2. The molecule has 3 nitrogen and oxygen atoms in total. The number of hydrogen-bond acceptors (Lipinski definition) is 3. The first kappa shape index (κ1) is 13.2. The van der Waals surface area contributed by atoms with Crippen LogP contribution >= 0.6 is 23.2 Å². The number of pyridine rings is 1. The van der Waals surface area contributed by atoms with Crippen LogP contribution in [0.1, 0.15) is 5.56 Å². The van der Waals surface area contributed by atoms with E-state index in [0.717, 1.165) is 22.2 Å². The Hall–Kier alpha value is -1.19. The van der Waals surface area contributed by atoms with Gasteiger partial charge in [0.15, 0.2) is 0 Å². The van der Waals surface area contributed by atoms with Gasteiger partial charge >= 0.3 is 0 Å². The minimum atomic E-state index is 0.464. The number of aromatic nitrogens is 1. The standard InChI is InChI=1S/C13H13Cl2NO2/c1-17-10-6-9-5-8(3-4-14)13(15)16-12(9)11(7-10)18-2/h5-7H,3-4H2,1-2H3. The van der Waals surface area contributed by atoms with E-state index >= 15 is 0 Å². The summed E-state index contributed by atoms with van der Waals surface area (Å²) in [6.07, 6.45) is 0.683. The van der Waals surface area contributed by atoms with Crippen molar-refractivity contribution in [1.82, 2.24) is 4.98 Å². The van der Waals surface area contributed by atoms with E-state index in [4.69, 9.17) is 32.7 Å². The van der Waals surface area contributed by atoms with Gasteiger partial charge in [0.1, 0.15) is 22.2 Å². The summed E-state index contributed by atoms with van der Waals surface area (Å²) in [4.78, 5) is 4.37. The predicted octanol–water partition coefficient (Wildman–Crippen LogP) is 3.69. The van der Waals surface area contributed by atoms with Crippen LogP contribution in [0, 0.1) is 0 Å². The molecule has 0 unspecified atom stereocenters. The third-order valence-corrected chi connectivity index (χ3v) is 3.22. The molecule has 0 saturated heterocycles. The van der Waals surface area contributed by atoms with Gasteiger partial charge in [-0.2, -0.15) is 0 Å². The second-order valence-electron chi connectivity index (χ2n) is 3.78. The van der Waals surface area contributed by atoms with Crippen LogP contribution in [0.25, 0.3) is 10.9 Å². The number of benzene rings is 1. The van der Waals surface area contributed by atoms with Crippen molar-refractivity contribution >= 4 is 34.1 Å². The first-order valence-corrected chi connectivity index (χ1v) is 6.38. The summed E-state index contributed by atoms with van der Waals surface area (Å²) >= 11 is 11.9. The average Bonchev–Trinajstić information content (AvgIpc) is 2.39. The molecule has 0 amide bonds. The summed E-state index contributed by atoms with van der Waals surface area (Å²) in [5.74, 6) is 1.87. The fourth-order valence-electron chi connectivity index (χ4n) is 1.80. The van der Waals surface area contributed by atoms with E-state index < -0.39 is 0 Å². The Morgan fingerprint density at radius 1 is 1.17 bits per heavy atom. The number of aryl methyl sites for hydroxylation is 1. The van der Waals surface area contributed by atoms with Crippen LogP contribution in [-0.4, -0.2) is 25.1 Å². The molecule has 0 spiro atoms. The summed E-state index contributed by atoms with van der Waals surface area (Å²) in [6, 6.07) is 5.66. The normalized spacial score (nSPS) is 10.7. The van der Waals surface area contributed by atoms with Crippen molar-refractivity contribution in [2.75, 3.05) is 20.1 Å². The lowest BCUT2D eigenvalue weighted by Gasteiger charge is -2.10. The SMILES string of the molecule is COc1cc(OC)c2nc(Cl)c(CCCl)cc2c1. The van der Waals surface area contributed by atoms with Gasteiger partial charge in [0.25, 0.3) is 0 Å². The average molecular weight is 286 g/mol. The first-order valence-electron chi connectivity index (χ1n) is 5.46. The van der Waals surface area contributed by atoms with Gasteiger partial charge in [0.2, 0.25) is 0 Å². The van der Waals surface area contributed by atoms with Crippen molar-refractivity contribution in [3.63, 3.8) is 0 Å². The van der Waals surface area contributed by atoms with Crippen molar-refractivity contribution < 1.29 is 9.47 Å². The number of fused-ring (bicyclic) bond motifs is 1. The van der Waals surface area contributed by atoms with E-state index in [0.29, 0.717) is 23.2 Å². The van der Waals surface area contributed by atoms with Gasteiger partial charge in [0.05, 0.1) is 14.2 Å². The monoisotopic (exact) mass is 285 g/mol. The Morgan fingerprint density at radius 2 is 1.94 bits per heavy atom. The highest BCUT2D eigenvalue weighted by atomic mass is 35.5. The molecule has 1 aromatic carbocycles. The second-order valence-corrected chi connectivity index (χ2v) is 4.51. The fraction of sp³-hybridized carbons (Fsp3) is 0.308. The van der Waals surface area contributed by atoms with Crippen LogP contribution in [0.3, 0.4) is 0 Å². The van der Waals surface area contributed by atoms with E-state index in [2.05, 4.69) is 4.98 Å². The number of nitrogens with zero attached hydrogens (tertiary/aromatic N) is 1. The van der Waals surface area contributed by atoms with Gasteiger partial charge in [0, 0.05) is 17.3 Å². The molecule has 0 aliphatic rings. The van der Waals surface area contributed by atoms with Crippen molar-refractivity contribution in [1.29, 1.82) is 0 Å². The molecule has 2 rings (SSSR count). The molecule has 5 heteroatoms. The molecule has 0 saturated carbocycles. The Labute approximate surface area is 116 Å². The lowest BCUT2D eigenvalue weighted by Crippen LogP contribution is -1.95. The number of halogens is 2. The number of methoxy groups -OCH3 is 2. The highest BCUT2D eigenvalue weighted by Crippen LogP contribution is 2.32. The Balaban J connectivity index is 2.67. The lowest BCUT2D eigenvalue weighted by molar-refractivity contribution is 0.397. The number of hydrogen-bond donors (Lipinski definition) is 0. The van der Waals surface area contributed by atoms with Gasteiger partial charge < -0.3 is 9.47 Å². The molecule has 0 N–H and O–H groups in total. The minimum Gasteiger partial charge on any atom is -0.497 e. The highest BCUT2D eigenvalue weighted by Gasteiger charge is 2.10. The topological polar surface area (TPSA) is 31.4 Å². The van der Waals surface area contributed by atoms with E-state index in [9.17, 15) is 0 Å². The van der Waals surface area contributed by atoms with Crippen molar-refractivity contribution in [2.45, 2.75) is 6.42 Å². The maximum Gasteiger partial charge on any atom is 0.148 e. The zero-order valence-electron chi connectivity index (χ0n) is 10.2. The van der Waals surface area contributed by atoms with E-state index in [1.54, 1.807) is 20.3 Å². The minimum absolute atomic E-state index is 0.464. The van der Waals surface area contributed by atoms with Gasteiger partial charge in [-0.3, -0.25) is 0 Å². The first-order chi connectivity index (χ1) is 8.69. The quantitative estimate of drug-likeness (QED) is 0.634. The van der Waals surface area contributed by atoms with Gasteiger partial charge in [-0.15, -0.1) is 11.6 Å². The molecule has 0 fully saturated rings. The molecule has 0 bridgehead atoms. The fourth-order valence-corrected chi connectivity index (χ4v) is 2.24.